The highest BCUT2D eigenvalue weighted by Gasteiger charge is 2.33. The minimum Gasteiger partial charge on any atom is -0.459 e. The predicted molar refractivity (Wildman–Crippen MR) is 77.7 cm³/mol. The molecule has 5 heteroatoms. The number of hydrogen-bond acceptors (Lipinski definition) is 3. The minimum absolute atomic E-state index is 0.0874. The highest BCUT2D eigenvalue weighted by atomic mass is 16.3. The minimum atomic E-state index is -0.524. The number of carbonyl (C=O) groups is 2. The lowest BCUT2D eigenvalue weighted by Gasteiger charge is -2.27. The molecule has 2 aliphatic rings. The van der Waals surface area contributed by atoms with E-state index in [2.05, 4.69) is 5.32 Å². The zero-order chi connectivity index (χ0) is 14.7. The molecular weight excluding hydrogens is 268 g/mol. The molecule has 0 unspecified atom stereocenters. The Morgan fingerprint density at radius 2 is 2.05 bits per heavy atom. The van der Waals surface area contributed by atoms with Crippen molar-refractivity contribution < 1.29 is 14.0 Å². The van der Waals surface area contributed by atoms with Gasteiger partial charge in [0, 0.05) is 12.6 Å². The third kappa shape index (κ3) is 3.01. The van der Waals surface area contributed by atoms with E-state index in [1.54, 1.807) is 18.2 Å². The summed E-state index contributed by atoms with van der Waals surface area (Å²) in [4.78, 5) is 26.3. The zero-order valence-electron chi connectivity index (χ0n) is 12.0. The van der Waals surface area contributed by atoms with Crippen LogP contribution < -0.4 is 5.32 Å². The number of nitrogens with zero attached hydrogens (tertiary/aromatic N) is 1. The molecule has 1 fully saturated rings. The molecule has 1 saturated carbocycles. The largest absolute Gasteiger partial charge is 0.459 e. The summed E-state index contributed by atoms with van der Waals surface area (Å²) in [7, 11) is 0. The summed E-state index contributed by atoms with van der Waals surface area (Å²) in [6, 6.07) is 3.02. The first kappa shape index (κ1) is 13.9. The third-order valence-electron chi connectivity index (χ3n) is 4.17. The van der Waals surface area contributed by atoms with Crippen molar-refractivity contribution in [2.75, 3.05) is 6.54 Å². The van der Waals surface area contributed by atoms with Crippen molar-refractivity contribution in [2.24, 2.45) is 0 Å². The number of hydrogen-bond donors (Lipinski definition) is 1. The first-order chi connectivity index (χ1) is 10.3. The maximum absolute atomic E-state index is 12.4. The highest BCUT2D eigenvalue weighted by Crippen LogP contribution is 2.19. The Morgan fingerprint density at radius 3 is 2.76 bits per heavy atom. The van der Waals surface area contributed by atoms with E-state index < -0.39 is 6.04 Å². The van der Waals surface area contributed by atoms with Crippen molar-refractivity contribution in [1.82, 2.24) is 10.2 Å². The Balaban J connectivity index is 1.64. The Labute approximate surface area is 124 Å². The van der Waals surface area contributed by atoms with Gasteiger partial charge < -0.3 is 14.6 Å². The Bertz CT molecular complexity index is 530. The van der Waals surface area contributed by atoms with Crippen LogP contribution in [0.4, 0.5) is 0 Å². The smallest absolute Gasteiger partial charge is 0.290 e. The summed E-state index contributed by atoms with van der Waals surface area (Å²) in [5, 5.41) is 3.08. The fraction of sp³-hybridized carbons (Fsp3) is 0.500. The molecule has 2 amide bonds. The molecule has 21 heavy (non-hydrogen) atoms. The van der Waals surface area contributed by atoms with Gasteiger partial charge in [0.15, 0.2) is 5.76 Å². The van der Waals surface area contributed by atoms with Gasteiger partial charge in [-0.15, -0.1) is 0 Å². The van der Waals surface area contributed by atoms with Crippen LogP contribution in [0, 0.1) is 0 Å². The van der Waals surface area contributed by atoms with E-state index in [0.717, 1.165) is 12.8 Å². The summed E-state index contributed by atoms with van der Waals surface area (Å²) in [6.07, 6.45) is 10.8. The molecule has 112 valence electrons. The van der Waals surface area contributed by atoms with Crippen LogP contribution in [0.3, 0.4) is 0 Å². The van der Waals surface area contributed by atoms with E-state index in [4.69, 9.17) is 4.42 Å². The lowest BCUT2D eigenvalue weighted by molar-refractivity contribution is -0.124. The average molecular weight is 288 g/mol. The van der Waals surface area contributed by atoms with Crippen LogP contribution in [0.1, 0.15) is 42.7 Å². The normalized spacial score (nSPS) is 22.5. The number of carbonyl (C=O) groups excluding carboxylic acids is 2. The first-order valence-corrected chi connectivity index (χ1v) is 7.57. The Hall–Kier alpha value is -2.04. The maximum Gasteiger partial charge on any atom is 0.290 e. The van der Waals surface area contributed by atoms with E-state index in [9.17, 15) is 9.59 Å². The molecule has 0 bridgehead atoms. The van der Waals surface area contributed by atoms with Gasteiger partial charge >= 0.3 is 0 Å². The molecule has 2 heterocycles. The summed E-state index contributed by atoms with van der Waals surface area (Å²) >= 11 is 0. The van der Waals surface area contributed by atoms with Crippen LogP contribution in [0.2, 0.25) is 0 Å². The lowest BCUT2D eigenvalue weighted by Crippen LogP contribution is -2.49. The number of amides is 2. The summed E-state index contributed by atoms with van der Waals surface area (Å²) in [5.41, 5.74) is 0. The van der Waals surface area contributed by atoms with Gasteiger partial charge in [-0.05, 0) is 25.0 Å². The SMILES string of the molecule is O=C(NC1CCCCC1)[C@H]1C=CCN1C(=O)c1ccco1. The van der Waals surface area contributed by atoms with Gasteiger partial charge in [0.2, 0.25) is 5.91 Å². The third-order valence-corrected chi connectivity index (χ3v) is 4.17. The summed E-state index contributed by atoms with van der Waals surface area (Å²) in [6.45, 7) is 0.447. The predicted octanol–water partition coefficient (Wildman–Crippen LogP) is 2.11. The number of rotatable bonds is 3. The highest BCUT2D eigenvalue weighted by molar-refractivity contribution is 5.97. The average Bonchev–Trinajstić information content (AvgIpc) is 3.19. The summed E-state index contributed by atoms with van der Waals surface area (Å²) < 4.78 is 5.14. The van der Waals surface area contributed by atoms with E-state index in [1.807, 2.05) is 6.08 Å². The standard InChI is InChI=1S/C16H20N2O3/c19-15(17-12-6-2-1-3-7-12)13-8-4-10-18(13)16(20)14-9-5-11-21-14/h4-5,8-9,11-13H,1-3,6-7,10H2,(H,17,19)/t13-/m1/s1. The Kier molecular flexibility index (Phi) is 4.08. The van der Waals surface area contributed by atoms with E-state index >= 15 is 0 Å². The Morgan fingerprint density at radius 1 is 1.24 bits per heavy atom. The first-order valence-electron chi connectivity index (χ1n) is 7.57. The second-order valence-corrected chi connectivity index (χ2v) is 5.65. The molecular formula is C16H20N2O3. The van der Waals surface area contributed by atoms with Crippen LogP contribution in [0.15, 0.2) is 35.0 Å². The van der Waals surface area contributed by atoms with Crippen LogP contribution >= 0.6 is 0 Å². The van der Waals surface area contributed by atoms with Crippen LogP contribution in [-0.2, 0) is 4.79 Å². The second-order valence-electron chi connectivity index (χ2n) is 5.65. The molecule has 1 aromatic heterocycles. The van der Waals surface area contributed by atoms with Gasteiger partial charge in [-0.2, -0.15) is 0 Å². The van der Waals surface area contributed by atoms with Crippen molar-refractivity contribution in [1.29, 1.82) is 0 Å². The maximum atomic E-state index is 12.4. The van der Waals surface area contributed by atoms with Crippen LogP contribution in [0.5, 0.6) is 0 Å². The van der Waals surface area contributed by atoms with E-state index in [0.29, 0.717) is 6.54 Å². The molecule has 1 aromatic rings. The van der Waals surface area contributed by atoms with E-state index in [-0.39, 0.29) is 23.6 Å². The fourth-order valence-electron chi connectivity index (χ4n) is 3.03. The van der Waals surface area contributed by atoms with Crippen molar-refractivity contribution in [3.8, 4) is 0 Å². The van der Waals surface area contributed by atoms with Gasteiger partial charge in [-0.1, -0.05) is 31.4 Å². The van der Waals surface area contributed by atoms with Crippen molar-refractivity contribution in [3.63, 3.8) is 0 Å². The summed E-state index contributed by atoms with van der Waals surface area (Å²) in [5.74, 6) is -0.0569. The van der Waals surface area contributed by atoms with E-state index in [1.165, 1.54) is 30.4 Å². The lowest BCUT2D eigenvalue weighted by atomic mass is 9.95. The van der Waals surface area contributed by atoms with Crippen LogP contribution in [0.25, 0.3) is 0 Å². The molecule has 0 radical (unpaired) electrons. The van der Waals surface area contributed by atoms with Crippen molar-refractivity contribution in [2.45, 2.75) is 44.2 Å². The molecule has 1 atom stereocenters. The molecule has 0 spiro atoms. The van der Waals surface area contributed by atoms with Crippen LogP contribution in [-0.4, -0.2) is 35.3 Å². The van der Waals surface area contributed by atoms with Crippen molar-refractivity contribution in [3.05, 3.63) is 36.3 Å². The van der Waals surface area contributed by atoms with Gasteiger partial charge in [-0.25, -0.2) is 0 Å². The molecule has 0 saturated heterocycles. The molecule has 1 aliphatic carbocycles. The van der Waals surface area contributed by atoms with Gasteiger partial charge in [0.05, 0.1) is 6.26 Å². The van der Waals surface area contributed by atoms with Gasteiger partial charge in [-0.3, -0.25) is 9.59 Å². The van der Waals surface area contributed by atoms with Gasteiger partial charge in [0.1, 0.15) is 6.04 Å². The second kappa shape index (κ2) is 6.16. The van der Waals surface area contributed by atoms with Gasteiger partial charge in [0.25, 0.3) is 5.91 Å². The quantitative estimate of drug-likeness (QED) is 0.866. The zero-order valence-corrected chi connectivity index (χ0v) is 12.0. The molecule has 1 N–H and O–H groups in total. The molecule has 0 aromatic carbocycles. The topological polar surface area (TPSA) is 62.6 Å². The number of furan rings is 1. The molecule has 3 rings (SSSR count). The molecule has 5 nitrogen and oxygen atoms in total. The van der Waals surface area contributed by atoms with Crippen molar-refractivity contribution >= 4 is 11.8 Å². The fourth-order valence-corrected chi connectivity index (χ4v) is 3.03. The molecule has 1 aliphatic heterocycles. The number of nitrogens with one attached hydrogen (secondary N) is 1. The monoisotopic (exact) mass is 288 g/mol.